The second-order valence-corrected chi connectivity index (χ2v) is 6.55. The predicted octanol–water partition coefficient (Wildman–Crippen LogP) is 3.47. The zero-order chi connectivity index (χ0) is 17.5. The number of hydrogen-bond donors (Lipinski definition) is 2. The summed E-state index contributed by atoms with van der Waals surface area (Å²) in [5.41, 5.74) is 1.97. The molecular formula is C19H21N3O2S. The lowest BCUT2D eigenvalue weighted by atomic mass is 10.1. The Morgan fingerprint density at radius 2 is 1.92 bits per heavy atom. The van der Waals surface area contributed by atoms with E-state index in [9.17, 15) is 4.79 Å². The van der Waals surface area contributed by atoms with Crippen LogP contribution in [-0.4, -0.2) is 30.6 Å². The number of hydrogen-bond acceptors (Lipinski definition) is 5. The molecule has 0 radical (unpaired) electrons. The van der Waals surface area contributed by atoms with Gasteiger partial charge in [-0.15, -0.1) is 0 Å². The second kappa shape index (κ2) is 8.48. The summed E-state index contributed by atoms with van der Waals surface area (Å²) in [5, 5.41) is 7.05. The van der Waals surface area contributed by atoms with Crippen LogP contribution in [0.2, 0.25) is 0 Å². The number of ether oxygens (including phenoxy) is 1. The summed E-state index contributed by atoms with van der Waals surface area (Å²) in [5.74, 6) is 0.835. The van der Waals surface area contributed by atoms with Crippen molar-refractivity contribution in [3.8, 4) is 5.75 Å². The number of nitrogens with one attached hydrogen (secondary N) is 2. The summed E-state index contributed by atoms with van der Waals surface area (Å²) in [6, 6.07) is 15.7. The maximum Gasteiger partial charge on any atom is 0.224 e. The van der Waals surface area contributed by atoms with Crippen molar-refractivity contribution >= 4 is 32.6 Å². The van der Waals surface area contributed by atoms with Crippen molar-refractivity contribution in [1.29, 1.82) is 0 Å². The van der Waals surface area contributed by atoms with Gasteiger partial charge in [0, 0.05) is 13.1 Å². The van der Waals surface area contributed by atoms with Crippen LogP contribution in [0.4, 0.5) is 5.13 Å². The van der Waals surface area contributed by atoms with Gasteiger partial charge in [0.25, 0.3) is 0 Å². The molecule has 0 spiro atoms. The molecule has 3 rings (SSSR count). The van der Waals surface area contributed by atoms with Gasteiger partial charge in [-0.05, 0) is 36.8 Å². The minimum Gasteiger partial charge on any atom is -0.494 e. The third-order valence-corrected chi connectivity index (χ3v) is 4.61. The molecule has 0 unspecified atom stereocenters. The molecule has 1 amide bonds. The summed E-state index contributed by atoms with van der Waals surface area (Å²) in [6.07, 6.45) is 0.369. The van der Waals surface area contributed by atoms with Crippen LogP contribution in [0.25, 0.3) is 10.2 Å². The monoisotopic (exact) mass is 355 g/mol. The molecule has 1 heterocycles. The summed E-state index contributed by atoms with van der Waals surface area (Å²) in [4.78, 5) is 16.5. The first-order chi connectivity index (χ1) is 12.2. The van der Waals surface area contributed by atoms with E-state index in [0.29, 0.717) is 26.1 Å². The quantitative estimate of drug-likeness (QED) is 0.608. The fourth-order valence-electron chi connectivity index (χ4n) is 2.44. The van der Waals surface area contributed by atoms with E-state index in [-0.39, 0.29) is 5.91 Å². The minimum absolute atomic E-state index is 0.00950. The van der Waals surface area contributed by atoms with Gasteiger partial charge in [-0.3, -0.25) is 4.79 Å². The number of nitrogens with zero attached hydrogens (tertiary/aromatic N) is 1. The summed E-state index contributed by atoms with van der Waals surface area (Å²) < 4.78 is 6.55. The first-order valence-electron chi connectivity index (χ1n) is 8.32. The lowest BCUT2D eigenvalue weighted by Crippen LogP contribution is -2.29. The van der Waals surface area contributed by atoms with E-state index >= 15 is 0 Å². The number of para-hydroxylation sites is 1. The predicted molar refractivity (Wildman–Crippen MR) is 102 cm³/mol. The van der Waals surface area contributed by atoms with Crippen molar-refractivity contribution in [3.05, 3.63) is 54.1 Å². The fourth-order valence-corrected chi connectivity index (χ4v) is 3.33. The largest absolute Gasteiger partial charge is 0.494 e. The maximum absolute atomic E-state index is 12.0. The highest BCUT2D eigenvalue weighted by molar-refractivity contribution is 7.22. The molecule has 0 bridgehead atoms. The van der Waals surface area contributed by atoms with Crippen molar-refractivity contribution in [3.63, 3.8) is 0 Å². The van der Waals surface area contributed by atoms with Gasteiger partial charge in [-0.25, -0.2) is 4.98 Å². The molecule has 0 saturated heterocycles. The van der Waals surface area contributed by atoms with E-state index in [2.05, 4.69) is 21.7 Å². The molecule has 3 aromatic rings. The molecular weight excluding hydrogens is 334 g/mol. The number of carbonyl (C=O) groups is 1. The van der Waals surface area contributed by atoms with Gasteiger partial charge in [0.05, 0.1) is 23.2 Å². The van der Waals surface area contributed by atoms with E-state index < -0.39 is 0 Å². The van der Waals surface area contributed by atoms with Gasteiger partial charge in [-0.2, -0.15) is 0 Å². The number of rotatable bonds is 8. The Morgan fingerprint density at radius 3 is 2.68 bits per heavy atom. The van der Waals surface area contributed by atoms with Crippen molar-refractivity contribution in [2.24, 2.45) is 0 Å². The molecule has 0 atom stereocenters. The van der Waals surface area contributed by atoms with Gasteiger partial charge in [0.2, 0.25) is 5.91 Å². The number of aromatic nitrogens is 1. The van der Waals surface area contributed by atoms with Gasteiger partial charge in [0.1, 0.15) is 5.75 Å². The molecule has 0 aliphatic carbocycles. The molecule has 2 aromatic carbocycles. The smallest absolute Gasteiger partial charge is 0.224 e. The molecule has 1 aromatic heterocycles. The average Bonchev–Trinajstić information content (AvgIpc) is 3.03. The Morgan fingerprint density at radius 1 is 1.12 bits per heavy atom. The summed E-state index contributed by atoms with van der Waals surface area (Å²) in [6.45, 7) is 3.80. The van der Waals surface area contributed by atoms with E-state index in [4.69, 9.17) is 4.74 Å². The number of benzene rings is 2. The van der Waals surface area contributed by atoms with E-state index in [1.807, 2.05) is 49.4 Å². The van der Waals surface area contributed by atoms with Gasteiger partial charge < -0.3 is 15.4 Å². The van der Waals surface area contributed by atoms with Gasteiger partial charge >= 0.3 is 0 Å². The lowest BCUT2D eigenvalue weighted by Gasteiger charge is -2.07. The Balaban J connectivity index is 1.40. The summed E-state index contributed by atoms with van der Waals surface area (Å²) >= 11 is 1.62. The number of thiazole rings is 1. The molecule has 6 heteroatoms. The van der Waals surface area contributed by atoms with Crippen molar-refractivity contribution in [2.75, 3.05) is 25.0 Å². The van der Waals surface area contributed by atoms with E-state index in [0.717, 1.165) is 26.7 Å². The molecule has 0 saturated carbocycles. The highest BCUT2D eigenvalue weighted by Gasteiger charge is 2.05. The first kappa shape index (κ1) is 17.2. The van der Waals surface area contributed by atoms with Crippen LogP contribution in [0.15, 0.2) is 48.5 Å². The topological polar surface area (TPSA) is 63.2 Å². The third-order valence-electron chi connectivity index (χ3n) is 3.62. The van der Waals surface area contributed by atoms with Crippen LogP contribution in [0.3, 0.4) is 0 Å². The Bertz CT molecular complexity index is 797. The van der Waals surface area contributed by atoms with Crippen molar-refractivity contribution in [2.45, 2.75) is 13.3 Å². The number of carbonyl (C=O) groups excluding carboxylic acids is 1. The molecule has 0 aliphatic heterocycles. The minimum atomic E-state index is 0.00950. The zero-order valence-electron chi connectivity index (χ0n) is 14.1. The molecule has 0 aliphatic rings. The normalized spacial score (nSPS) is 10.6. The number of amides is 1. The molecule has 0 fully saturated rings. The van der Waals surface area contributed by atoms with Crippen LogP contribution < -0.4 is 15.4 Å². The highest BCUT2D eigenvalue weighted by atomic mass is 32.1. The van der Waals surface area contributed by atoms with Crippen LogP contribution in [0, 0.1) is 0 Å². The standard InChI is InChI=1S/C19H21N3O2S/c1-2-24-15-9-7-14(8-10-15)13-18(23)20-11-12-21-19-22-16-5-3-4-6-17(16)25-19/h3-10H,2,11-13H2,1H3,(H,20,23)(H,21,22). The van der Waals surface area contributed by atoms with Crippen LogP contribution in [0.1, 0.15) is 12.5 Å². The van der Waals surface area contributed by atoms with E-state index in [1.165, 1.54) is 0 Å². The molecule has 2 N–H and O–H groups in total. The van der Waals surface area contributed by atoms with Gasteiger partial charge in [0.15, 0.2) is 5.13 Å². The van der Waals surface area contributed by atoms with Crippen LogP contribution in [-0.2, 0) is 11.2 Å². The number of fused-ring (bicyclic) bond motifs is 1. The van der Waals surface area contributed by atoms with E-state index in [1.54, 1.807) is 11.3 Å². The molecule has 5 nitrogen and oxygen atoms in total. The summed E-state index contributed by atoms with van der Waals surface area (Å²) in [7, 11) is 0. The van der Waals surface area contributed by atoms with Crippen LogP contribution in [0.5, 0.6) is 5.75 Å². The van der Waals surface area contributed by atoms with Crippen LogP contribution >= 0.6 is 11.3 Å². The number of anilines is 1. The SMILES string of the molecule is CCOc1ccc(CC(=O)NCCNc2nc3ccccc3s2)cc1. The highest BCUT2D eigenvalue weighted by Crippen LogP contribution is 2.24. The Hall–Kier alpha value is -2.60. The maximum atomic E-state index is 12.0. The lowest BCUT2D eigenvalue weighted by molar-refractivity contribution is -0.120. The van der Waals surface area contributed by atoms with Crippen molar-refractivity contribution < 1.29 is 9.53 Å². The zero-order valence-corrected chi connectivity index (χ0v) is 14.9. The Labute approximate surface area is 151 Å². The third kappa shape index (κ3) is 4.93. The fraction of sp³-hybridized carbons (Fsp3) is 0.263. The first-order valence-corrected chi connectivity index (χ1v) is 9.14. The average molecular weight is 355 g/mol. The Kier molecular flexibility index (Phi) is 5.85. The van der Waals surface area contributed by atoms with Gasteiger partial charge in [-0.1, -0.05) is 35.6 Å². The molecule has 130 valence electrons. The second-order valence-electron chi connectivity index (χ2n) is 5.52. The van der Waals surface area contributed by atoms with Crippen molar-refractivity contribution in [1.82, 2.24) is 10.3 Å². The molecule has 25 heavy (non-hydrogen) atoms.